The van der Waals surface area contributed by atoms with Crippen molar-refractivity contribution in [3.63, 3.8) is 0 Å². The fraction of sp³-hybridized carbons (Fsp3) is 0.529. The highest BCUT2D eigenvalue weighted by molar-refractivity contribution is 5.84. The number of piperazine rings is 1. The van der Waals surface area contributed by atoms with E-state index in [1.165, 1.54) is 0 Å². The number of rotatable bonds is 6. The SMILES string of the molecule is C[C@@H]1CN(Cc2ccccc2)[C@@](C)(OC(=O)[C@@H](O)C(O)C(=O)O)CN1. The number of carboxylic acids is 1. The number of carbonyl (C=O) groups is 2. The molecule has 0 spiro atoms. The molecule has 0 aliphatic carbocycles. The molecule has 8 nitrogen and oxygen atoms in total. The number of carbonyl (C=O) groups excluding carboxylic acids is 1. The summed E-state index contributed by atoms with van der Waals surface area (Å²) in [5, 5.41) is 30.9. The third-order valence-electron chi connectivity index (χ3n) is 4.27. The van der Waals surface area contributed by atoms with Gasteiger partial charge in [0.2, 0.25) is 0 Å². The van der Waals surface area contributed by atoms with E-state index in [1.54, 1.807) is 6.92 Å². The standard InChI is InChI=1S/C17H24N2O6/c1-11-8-19(9-12-6-4-3-5-7-12)17(2,10-18-11)25-16(24)14(21)13(20)15(22)23/h3-7,11,13-14,18,20-21H,8-10H2,1-2H3,(H,22,23)/t11-,13?,14+,17+/m1/s1. The Hall–Kier alpha value is -2.00. The molecule has 1 unspecified atom stereocenters. The van der Waals surface area contributed by atoms with Crippen LogP contribution < -0.4 is 5.32 Å². The van der Waals surface area contributed by atoms with E-state index in [9.17, 15) is 19.8 Å². The highest BCUT2D eigenvalue weighted by atomic mass is 16.6. The molecule has 0 saturated carbocycles. The third-order valence-corrected chi connectivity index (χ3v) is 4.27. The molecule has 4 atom stereocenters. The first-order valence-electron chi connectivity index (χ1n) is 8.07. The number of hydrogen-bond donors (Lipinski definition) is 4. The topological polar surface area (TPSA) is 119 Å². The Bertz CT molecular complexity index is 610. The molecule has 1 fully saturated rings. The molecule has 0 bridgehead atoms. The van der Waals surface area contributed by atoms with Crippen LogP contribution in [0.5, 0.6) is 0 Å². The minimum atomic E-state index is -2.23. The summed E-state index contributed by atoms with van der Waals surface area (Å²) < 4.78 is 5.40. The molecule has 0 radical (unpaired) electrons. The predicted molar refractivity (Wildman–Crippen MR) is 88.5 cm³/mol. The molecule has 8 heteroatoms. The third kappa shape index (κ3) is 4.76. The number of benzene rings is 1. The highest BCUT2D eigenvalue weighted by Gasteiger charge is 2.43. The smallest absolute Gasteiger partial charge is 0.340 e. The number of aliphatic carboxylic acids is 1. The Morgan fingerprint density at radius 2 is 1.96 bits per heavy atom. The van der Waals surface area contributed by atoms with Crippen LogP contribution in [0.25, 0.3) is 0 Å². The first kappa shape index (κ1) is 19.3. The fourth-order valence-corrected chi connectivity index (χ4v) is 2.74. The Labute approximate surface area is 146 Å². The van der Waals surface area contributed by atoms with Gasteiger partial charge in [-0.2, -0.15) is 0 Å². The van der Waals surface area contributed by atoms with Gasteiger partial charge in [-0.3, -0.25) is 4.90 Å². The monoisotopic (exact) mass is 352 g/mol. The zero-order valence-corrected chi connectivity index (χ0v) is 14.3. The van der Waals surface area contributed by atoms with Gasteiger partial charge in [0.25, 0.3) is 0 Å². The number of nitrogens with one attached hydrogen (secondary N) is 1. The molecule has 0 amide bonds. The summed E-state index contributed by atoms with van der Waals surface area (Å²) in [5.41, 5.74) is -0.0523. The largest absolute Gasteiger partial charge is 0.479 e. The highest BCUT2D eigenvalue weighted by Crippen LogP contribution is 2.24. The summed E-state index contributed by atoms with van der Waals surface area (Å²) in [6.07, 6.45) is -4.37. The number of hydrogen-bond acceptors (Lipinski definition) is 7. The van der Waals surface area contributed by atoms with Crippen molar-refractivity contribution in [2.45, 2.75) is 44.4 Å². The predicted octanol–water partition coefficient (Wildman–Crippen LogP) is -0.454. The molecule has 1 heterocycles. The van der Waals surface area contributed by atoms with Crippen molar-refractivity contribution >= 4 is 11.9 Å². The van der Waals surface area contributed by atoms with Crippen LogP contribution in [0.3, 0.4) is 0 Å². The first-order valence-corrected chi connectivity index (χ1v) is 8.07. The van der Waals surface area contributed by atoms with Crippen molar-refractivity contribution in [2.24, 2.45) is 0 Å². The van der Waals surface area contributed by atoms with E-state index >= 15 is 0 Å². The average molecular weight is 352 g/mol. The van der Waals surface area contributed by atoms with Gasteiger partial charge in [-0.15, -0.1) is 0 Å². The first-order chi connectivity index (χ1) is 11.7. The van der Waals surface area contributed by atoms with Crippen LogP contribution in [0.4, 0.5) is 0 Å². The molecule has 1 aromatic carbocycles. The summed E-state index contributed by atoms with van der Waals surface area (Å²) in [6, 6.07) is 9.82. The number of aliphatic hydroxyl groups is 2. The summed E-state index contributed by atoms with van der Waals surface area (Å²) in [4.78, 5) is 24.8. The molecule has 0 aromatic heterocycles. The molecule has 25 heavy (non-hydrogen) atoms. The van der Waals surface area contributed by atoms with Crippen molar-refractivity contribution < 1.29 is 29.6 Å². The Kier molecular flexibility index (Phi) is 6.12. The van der Waals surface area contributed by atoms with Crippen LogP contribution in [0, 0.1) is 0 Å². The lowest BCUT2D eigenvalue weighted by atomic mass is 10.1. The Morgan fingerprint density at radius 3 is 2.56 bits per heavy atom. The number of ether oxygens (including phenoxy) is 1. The number of aliphatic hydroxyl groups excluding tert-OH is 2. The van der Waals surface area contributed by atoms with Gasteiger partial charge < -0.3 is 25.4 Å². The summed E-state index contributed by atoms with van der Waals surface area (Å²) in [6.45, 7) is 5.11. The van der Waals surface area contributed by atoms with Crippen molar-refractivity contribution in [1.82, 2.24) is 10.2 Å². The molecule has 1 saturated heterocycles. The van der Waals surface area contributed by atoms with Gasteiger partial charge >= 0.3 is 11.9 Å². The van der Waals surface area contributed by atoms with Gasteiger partial charge in [-0.1, -0.05) is 30.3 Å². The molecule has 2 rings (SSSR count). The van der Waals surface area contributed by atoms with Crippen molar-refractivity contribution in [3.05, 3.63) is 35.9 Å². The van der Waals surface area contributed by atoms with E-state index in [1.807, 2.05) is 42.2 Å². The van der Waals surface area contributed by atoms with Crippen LogP contribution in [0.15, 0.2) is 30.3 Å². The summed E-state index contributed by atoms with van der Waals surface area (Å²) in [7, 11) is 0. The lowest BCUT2D eigenvalue weighted by Gasteiger charge is -2.46. The van der Waals surface area contributed by atoms with Gasteiger partial charge in [-0.25, -0.2) is 9.59 Å². The maximum Gasteiger partial charge on any atom is 0.340 e. The second kappa shape index (κ2) is 7.92. The second-order valence-electron chi connectivity index (χ2n) is 6.47. The Morgan fingerprint density at radius 1 is 1.32 bits per heavy atom. The quantitative estimate of drug-likeness (QED) is 0.508. The van der Waals surface area contributed by atoms with Gasteiger partial charge in [0.15, 0.2) is 17.9 Å². The van der Waals surface area contributed by atoms with E-state index in [0.29, 0.717) is 19.6 Å². The summed E-state index contributed by atoms with van der Waals surface area (Å²) >= 11 is 0. The van der Waals surface area contributed by atoms with Gasteiger partial charge in [0, 0.05) is 25.7 Å². The van der Waals surface area contributed by atoms with Gasteiger partial charge in [0.05, 0.1) is 0 Å². The minimum Gasteiger partial charge on any atom is -0.479 e. The summed E-state index contributed by atoms with van der Waals surface area (Å²) in [5.74, 6) is -2.86. The molecular weight excluding hydrogens is 328 g/mol. The lowest BCUT2D eigenvalue weighted by Crippen LogP contribution is -2.64. The maximum atomic E-state index is 12.1. The Balaban J connectivity index is 2.13. The van der Waals surface area contributed by atoms with Crippen LogP contribution in [0.1, 0.15) is 19.4 Å². The van der Waals surface area contributed by atoms with E-state index in [-0.39, 0.29) is 6.04 Å². The number of esters is 1. The van der Waals surface area contributed by atoms with Crippen molar-refractivity contribution in [1.29, 1.82) is 0 Å². The minimum absolute atomic E-state index is 0.171. The number of nitrogens with zero attached hydrogens (tertiary/aromatic N) is 1. The van der Waals surface area contributed by atoms with Crippen molar-refractivity contribution in [2.75, 3.05) is 13.1 Å². The maximum absolute atomic E-state index is 12.1. The van der Waals surface area contributed by atoms with E-state index in [2.05, 4.69) is 5.32 Å². The van der Waals surface area contributed by atoms with E-state index in [4.69, 9.17) is 9.84 Å². The van der Waals surface area contributed by atoms with Crippen LogP contribution in [-0.4, -0.2) is 69.2 Å². The fourth-order valence-electron chi connectivity index (χ4n) is 2.74. The molecule has 1 aromatic rings. The number of carboxylic acid groups (broad SMARTS) is 1. The molecule has 138 valence electrons. The van der Waals surface area contributed by atoms with Crippen molar-refractivity contribution in [3.8, 4) is 0 Å². The molecular formula is C17H24N2O6. The van der Waals surface area contributed by atoms with Crippen LogP contribution >= 0.6 is 0 Å². The van der Waals surface area contributed by atoms with Crippen LogP contribution in [0.2, 0.25) is 0 Å². The van der Waals surface area contributed by atoms with E-state index in [0.717, 1.165) is 5.56 Å². The second-order valence-corrected chi connectivity index (χ2v) is 6.47. The zero-order valence-electron chi connectivity index (χ0n) is 14.3. The normalized spacial score (nSPS) is 26.6. The molecule has 1 aliphatic heterocycles. The van der Waals surface area contributed by atoms with Crippen LogP contribution in [-0.2, 0) is 20.9 Å². The molecule has 1 aliphatic rings. The van der Waals surface area contributed by atoms with Gasteiger partial charge in [0.1, 0.15) is 0 Å². The average Bonchev–Trinajstić information content (AvgIpc) is 2.58. The zero-order chi connectivity index (χ0) is 18.6. The van der Waals surface area contributed by atoms with Gasteiger partial charge in [-0.05, 0) is 19.4 Å². The lowest BCUT2D eigenvalue weighted by molar-refractivity contribution is -0.203. The molecule has 4 N–H and O–H groups in total. The van der Waals surface area contributed by atoms with E-state index < -0.39 is 29.9 Å².